The topological polar surface area (TPSA) is 55.8 Å². The fourth-order valence-corrected chi connectivity index (χ4v) is 4.52. The maximum atomic E-state index is 14.5. The van der Waals surface area contributed by atoms with Crippen molar-refractivity contribution < 1.29 is 22.3 Å². The third-order valence-corrected chi connectivity index (χ3v) is 6.48. The number of sulfonamides is 1. The van der Waals surface area contributed by atoms with Crippen molar-refractivity contribution in [3.05, 3.63) is 83.1 Å². The van der Waals surface area contributed by atoms with Crippen LogP contribution in [0.3, 0.4) is 0 Å². The van der Waals surface area contributed by atoms with E-state index in [0.29, 0.717) is 5.75 Å². The largest absolute Gasteiger partial charge is 0.497 e. The van der Waals surface area contributed by atoms with Crippen LogP contribution in [0.1, 0.15) is 5.56 Å². The number of hydrogen-bond donors (Lipinski definition) is 0. The van der Waals surface area contributed by atoms with E-state index >= 15 is 0 Å². The molecule has 152 valence electrons. The van der Waals surface area contributed by atoms with Crippen LogP contribution in [0.2, 0.25) is 5.02 Å². The predicted molar refractivity (Wildman–Crippen MR) is 111 cm³/mol. The molecule has 3 aromatic carbocycles. The lowest BCUT2D eigenvalue weighted by atomic mass is 10.2. The molecule has 0 aliphatic heterocycles. The summed E-state index contributed by atoms with van der Waals surface area (Å²) < 4.78 is 53.1. The number of benzene rings is 3. The number of rotatable bonds is 7. The van der Waals surface area contributed by atoms with Crippen LogP contribution in [0.4, 0.5) is 10.1 Å². The van der Waals surface area contributed by atoms with Crippen LogP contribution in [0.15, 0.2) is 71.6 Å². The third-order valence-electron chi connectivity index (χ3n) is 4.35. The van der Waals surface area contributed by atoms with Crippen LogP contribution in [0.5, 0.6) is 11.5 Å². The predicted octanol–water partition coefficient (Wildman–Crippen LogP) is 4.89. The fraction of sp³-hybridized carbons (Fsp3) is 0.143. The lowest BCUT2D eigenvalue weighted by Gasteiger charge is -2.27. The van der Waals surface area contributed by atoms with Gasteiger partial charge in [0.05, 0.1) is 31.3 Å². The normalized spacial score (nSPS) is 11.2. The number of hydrogen-bond acceptors (Lipinski definition) is 4. The number of halogens is 2. The van der Waals surface area contributed by atoms with E-state index in [2.05, 4.69) is 0 Å². The van der Waals surface area contributed by atoms with Gasteiger partial charge < -0.3 is 9.47 Å². The van der Waals surface area contributed by atoms with Crippen LogP contribution in [0.25, 0.3) is 0 Å². The van der Waals surface area contributed by atoms with Crippen molar-refractivity contribution in [1.29, 1.82) is 0 Å². The summed E-state index contributed by atoms with van der Waals surface area (Å²) in [5.41, 5.74) is 0.258. The van der Waals surface area contributed by atoms with Crippen molar-refractivity contribution in [2.24, 2.45) is 0 Å². The zero-order chi connectivity index (χ0) is 21.0. The first-order chi connectivity index (χ1) is 13.9. The summed E-state index contributed by atoms with van der Waals surface area (Å²) in [6.45, 7) is -0.327. The molecule has 0 N–H and O–H groups in total. The van der Waals surface area contributed by atoms with Gasteiger partial charge in [-0.25, -0.2) is 12.8 Å². The molecule has 0 unspecified atom stereocenters. The quantitative estimate of drug-likeness (QED) is 0.530. The van der Waals surface area contributed by atoms with Gasteiger partial charge in [0.1, 0.15) is 17.3 Å². The van der Waals surface area contributed by atoms with Gasteiger partial charge in [0.15, 0.2) is 0 Å². The molecule has 0 spiro atoms. The molecule has 0 aliphatic carbocycles. The molecule has 0 bridgehead atoms. The van der Waals surface area contributed by atoms with Crippen molar-refractivity contribution in [3.63, 3.8) is 0 Å². The summed E-state index contributed by atoms with van der Waals surface area (Å²) in [6, 6.07) is 16.8. The molecule has 3 aromatic rings. The highest BCUT2D eigenvalue weighted by atomic mass is 35.5. The molecule has 3 rings (SSSR count). The van der Waals surface area contributed by atoms with Gasteiger partial charge in [-0.05, 0) is 36.4 Å². The van der Waals surface area contributed by atoms with Crippen molar-refractivity contribution in [1.82, 2.24) is 0 Å². The zero-order valence-corrected chi connectivity index (χ0v) is 17.4. The minimum atomic E-state index is -4.07. The van der Waals surface area contributed by atoms with Gasteiger partial charge in [-0.3, -0.25) is 4.31 Å². The Labute approximate surface area is 174 Å². The second-order valence-corrected chi connectivity index (χ2v) is 8.33. The van der Waals surface area contributed by atoms with Gasteiger partial charge >= 0.3 is 0 Å². The molecule has 0 heterocycles. The van der Waals surface area contributed by atoms with Gasteiger partial charge in [0.25, 0.3) is 10.0 Å². The second-order valence-electron chi connectivity index (χ2n) is 6.06. The first-order valence-electron chi connectivity index (χ1n) is 8.61. The summed E-state index contributed by atoms with van der Waals surface area (Å²) in [6.07, 6.45) is 0. The highest BCUT2D eigenvalue weighted by Gasteiger charge is 2.29. The molecule has 29 heavy (non-hydrogen) atoms. The zero-order valence-electron chi connectivity index (χ0n) is 15.8. The monoisotopic (exact) mass is 435 g/mol. The minimum Gasteiger partial charge on any atom is -0.497 e. The van der Waals surface area contributed by atoms with Crippen molar-refractivity contribution in [2.45, 2.75) is 11.4 Å². The Morgan fingerprint density at radius 3 is 2.31 bits per heavy atom. The number of anilines is 1. The summed E-state index contributed by atoms with van der Waals surface area (Å²) in [4.78, 5) is 0.0531. The Balaban J connectivity index is 2.23. The first-order valence-corrected chi connectivity index (χ1v) is 10.4. The van der Waals surface area contributed by atoms with Crippen molar-refractivity contribution in [3.8, 4) is 11.5 Å². The van der Waals surface area contributed by atoms with E-state index in [9.17, 15) is 12.8 Å². The molecule has 0 fully saturated rings. The van der Waals surface area contributed by atoms with Crippen LogP contribution >= 0.6 is 11.6 Å². The molecular weight excluding hydrogens is 417 g/mol. The van der Waals surface area contributed by atoms with Crippen LogP contribution in [0, 0.1) is 5.82 Å². The summed E-state index contributed by atoms with van der Waals surface area (Å²) in [7, 11) is -1.18. The molecule has 0 aliphatic rings. The van der Waals surface area contributed by atoms with E-state index in [4.69, 9.17) is 21.1 Å². The Morgan fingerprint density at radius 1 is 0.966 bits per heavy atom. The molecular formula is C21H19ClFNO4S. The summed E-state index contributed by atoms with van der Waals surface area (Å²) in [5, 5.41) is 0.125. The van der Waals surface area contributed by atoms with Crippen LogP contribution in [-0.4, -0.2) is 22.6 Å². The average Bonchev–Trinajstić information content (AvgIpc) is 2.73. The van der Waals surface area contributed by atoms with Crippen molar-refractivity contribution >= 4 is 27.3 Å². The smallest absolute Gasteiger partial charge is 0.264 e. The number of nitrogens with zero attached hydrogens (tertiary/aromatic N) is 1. The number of ether oxygens (including phenoxy) is 2. The van der Waals surface area contributed by atoms with Gasteiger partial charge in [0, 0.05) is 16.7 Å². The number of methoxy groups -OCH3 is 2. The minimum absolute atomic E-state index is 0.0531. The molecule has 0 saturated carbocycles. The maximum absolute atomic E-state index is 14.5. The van der Waals surface area contributed by atoms with Crippen LogP contribution in [-0.2, 0) is 16.6 Å². The van der Waals surface area contributed by atoms with Crippen LogP contribution < -0.4 is 13.8 Å². The van der Waals surface area contributed by atoms with E-state index in [0.717, 1.165) is 4.31 Å². The summed E-state index contributed by atoms with van der Waals surface area (Å²) in [5.74, 6) is 0.110. The van der Waals surface area contributed by atoms with E-state index in [-0.39, 0.29) is 33.5 Å². The molecule has 0 saturated heterocycles. The lowest BCUT2D eigenvalue weighted by Crippen LogP contribution is -2.31. The Hall–Kier alpha value is -2.77. The molecule has 5 nitrogen and oxygen atoms in total. The SMILES string of the molecule is COc1ccc(OC)c(N(Cc2c(F)cccc2Cl)S(=O)(=O)c2ccccc2)c1. The Bertz CT molecular complexity index is 1090. The molecule has 0 aromatic heterocycles. The average molecular weight is 436 g/mol. The molecule has 0 amide bonds. The Kier molecular flexibility index (Phi) is 6.30. The fourth-order valence-electron chi connectivity index (χ4n) is 2.84. The van der Waals surface area contributed by atoms with E-state index in [1.165, 1.54) is 50.6 Å². The third kappa shape index (κ3) is 4.31. The standard InChI is InChI=1S/C21H19ClFNO4S/c1-27-15-11-12-21(28-2)20(13-15)24(14-17-18(22)9-6-10-19(17)23)29(25,26)16-7-4-3-5-8-16/h3-13H,14H2,1-2H3. The highest BCUT2D eigenvalue weighted by Crippen LogP contribution is 2.37. The molecule has 8 heteroatoms. The Morgan fingerprint density at radius 2 is 1.69 bits per heavy atom. The van der Waals surface area contributed by atoms with Gasteiger partial charge in [-0.2, -0.15) is 0 Å². The molecule has 0 atom stereocenters. The van der Waals surface area contributed by atoms with Crippen molar-refractivity contribution in [2.75, 3.05) is 18.5 Å². The lowest BCUT2D eigenvalue weighted by molar-refractivity contribution is 0.403. The first kappa shape index (κ1) is 21.0. The van der Waals surface area contributed by atoms with E-state index in [1.54, 1.807) is 30.3 Å². The van der Waals surface area contributed by atoms with E-state index in [1.807, 2.05) is 0 Å². The molecule has 0 radical (unpaired) electrons. The van der Waals surface area contributed by atoms with Gasteiger partial charge in [-0.1, -0.05) is 35.9 Å². The van der Waals surface area contributed by atoms with Gasteiger partial charge in [0.2, 0.25) is 0 Å². The van der Waals surface area contributed by atoms with E-state index < -0.39 is 15.8 Å². The maximum Gasteiger partial charge on any atom is 0.264 e. The second kappa shape index (κ2) is 8.71. The van der Waals surface area contributed by atoms with Gasteiger partial charge in [-0.15, -0.1) is 0 Å². The highest BCUT2D eigenvalue weighted by molar-refractivity contribution is 7.92. The summed E-state index contributed by atoms with van der Waals surface area (Å²) >= 11 is 6.17.